The van der Waals surface area contributed by atoms with Crippen LogP contribution in [0.2, 0.25) is 0 Å². The first kappa shape index (κ1) is 21.9. The Morgan fingerprint density at radius 2 is 1.97 bits per heavy atom. The minimum Gasteiger partial charge on any atom is -0.492 e. The molecule has 0 aliphatic carbocycles. The zero-order valence-corrected chi connectivity index (χ0v) is 18.3. The average molecular weight is 470 g/mol. The van der Waals surface area contributed by atoms with Crippen LogP contribution in [-0.2, 0) is 25.7 Å². The number of benzene rings is 1. The average Bonchev–Trinajstić information content (AvgIpc) is 3.12. The molecule has 1 aromatic carbocycles. The molecular formula is C23H21F3N6O2. The van der Waals surface area contributed by atoms with Crippen LogP contribution in [0.1, 0.15) is 22.4 Å². The van der Waals surface area contributed by atoms with E-state index in [9.17, 15) is 18.0 Å². The van der Waals surface area contributed by atoms with Crippen molar-refractivity contribution in [2.75, 3.05) is 18.1 Å². The molecule has 0 unspecified atom stereocenters. The van der Waals surface area contributed by atoms with Gasteiger partial charge >= 0.3 is 11.9 Å². The highest BCUT2D eigenvalue weighted by Gasteiger charge is 2.32. The highest BCUT2D eigenvalue weighted by molar-refractivity contribution is 5.52. The van der Waals surface area contributed by atoms with E-state index in [-0.39, 0.29) is 31.2 Å². The van der Waals surface area contributed by atoms with Crippen molar-refractivity contribution < 1.29 is 17.9 Å². The van der Waals surface area contributed by atoms with Crippen LogP contribution < -0.4 is 15.3 Å². The predicted octanol–water partition coefficient (Wildman–Crippen LogP) is 3.25. The number of nitrogens with zero attached hydrogens (tertiary/aromatic N) is 6. The van der Waals surface area contributed by atoms with E-state index in [0.29, 0.717) is 35.8 Å². The molecule has 0 atom stereocenters. The number of halogens is 3. The second kappa shape index (κ2) is 8.47. The molecule has 0 amide bonds. The van der Waals surface area contributed by atoms with E-state index in [4.69, 9.17) is 4.74 Å². The molecule has 3 aromatic heterocycles. The normalized spacial score (nSPS) is 13.8. The van der Waals surface area contributed by atoms with Crippen LogP contribution in [0.25, 0.3) is 5.78 Å². The molecule has 0 fully saturated rings. The summed E-state index contributed by atoms with van der Waals surface area (Å²) in [7, 11) is 0. The number of hydrogen-bond acceptors (Lipinski definition) is 6. The first-order valence-corrected chi connectivity index (χ1v) is 10.7. The van der Waals surface area contributed by atoms with Crippen molar-refractivity contribution in [1.29, 1.82) is 0 Å². The lowest BCUT2D eigenvalue weighted by atomic mass is 10.0. The van der Waals surface area contributed by atoms with Crippen LogP contribution in [0.4, 0.5) is 19.0 Å². The van der Waals surface area contributed by atoms with Crippen LogP contribution in [-0.4, -0.2) is 37.3 Å². The molecule has 0 spiro atoms. The minimum absolute atomic E-state index is 0.221. The van der Waals surface area contributed by atoms with Crippen LogP contribution in [0.5, 0.6) is 5.75 Å². The van der Waals surface area contributed by atoms with Gasteiger partial charge in [0.2, 0.25) is 0 Å². The second-order valence-electron chi connectivity index (χ2n) is 8.08. The number of aromatic nitrogens is 5. The first-order chi connectivity index (χ1) is 16.3. The molecule has 1 aliphatic rings. The summed E-state index contributed by atoms with van der Waals surface area (Å²) < 4.78 is 47.7. The Hall–Kier alpha value is -3.89. The summed E-state index contributed by atoms with van der Waals surface area (Å²) in [6.45, 7) is 3.10. The van der Waals surface area contributed by atoms with E-state index < -0.39 is 11.7 Å². The lowest BCUT2D eigenvalue weighted by Crippen LogP contribution is -2.33. The zero-order chi connectivity index (χ0) is 23.9. The molecule has 8 nitrogen and oxygen atoms in total. The van der Waals surface area contributed by atoms with Crippen LogP contribution >= 0.6 is 0 Å². The monoisotopic (exact) mass is 470 g/mol. The molecule has 11 heteroatoms. The van der Waals surface area contributed by atoms with Gasteiger partial charge in [0.25, 0.3) is 5.78 Å². The molecule has 0 saturated carbocycles. The maximum atomic E-state index is 13.1. The van der Waals surface area contributed by atoms with Gasteiger partial charge in [-0.2, -0.15) is 18.2 Å². The van der Waals surface area contributed by atoms with Crippen molar-refractivity contribution in [3.63, 3.8) is 0 Å². The fourth-order valence-corrected chi connectivity index (χ4v) is 4.03. The van der Waals surface area contributed by atoms with Gasteiger partial charge in [0.1, 0.15) is 18.2 Å². The molecule has 1 aliphatic heterocycles. The van der Waals surface area contributed by atoms with E-state index in [1.165, 1.54) is 9.08 Å². The molecule has 0 saturated heterocycles. The third kappa shape index (κ3) is 4.20. The number of anilines is 1. The van der Waals surface area contributed by atoms with Crippen LogP contribution in [0.15, 0.2) is 53.6 Å². The zero-order valence-electron chi connectivity index (χ0n) is 18.3. The van der Waals surface area contributed by atoms with Gasteiger partial charge in [-0.15, -0.1) is 5.10 Å². The van der Waals surface area contributed by atoms with Gasteiger partial charge in [-0.3, -0.25) is 4.98 Å². The fraction of sp³-hybridized carbons (Fsp3) is 0.304. The summed E-state index contributed by atoms with van der Waals surface area (Å²) in [6, 6.07) is 10.4. The highest BCUT2D eigenvalue weighted by atomic mass is 19.4. The summed E-state index contributed by atoms with van der Waals surface area (Å²) >= 11 is 0. The summed E-state index contributed by atoms with van der Waals surface area (Å²) in [4.78, 5) is 23.2. The number of pyridine rings is 1. The van der Waals surface area contributed by atoms with Gasteiger partial charge < -0.3 is 9.64 Å². The number of ether oxygens (including phenoxy) is 1. The van der Waals surface area contributed by atoms with Gasteiger partial charge in [0.15, 0.2) is 0 Å². The number of aryl methyl sites for hydroxylation is 1. The SMILES string of the molecule is Cc1cn2c(=O)n(CCOc3ccccc3)nc2nc1N1CCc2ncc(C(F)(F)F)cc2C1. The maximum Gasteiger partial charge on any atom is 0.417 e. The third-order valence-corrected chi connectivity index (χ3v) is 5.72. The predicted molar refractivity (Wildman–Crippen MR) is 118 cm³/mol. The number of rotatable bonds is 5. The molecule has 5 rings (SSSR count). The molecule has 0 bridgehead atoms. The minimum atomic E-state index is -4.45. The van der Waals surface area contributed by atoms with Crippen LogP contribution in [0, 0.1) is 6.92 Å². The van der Waals surface area contributed by atoms with Crippen molar-refractivity contribution in [3.8, 4) is 5.75 Å². The van der Waals surface area contributed by atoms with Crippen molar-refractivity contribution in [2.24, 2.45) is 0 Å². The van der Waals surface area contributed by atoms with E-state index >= 15 is 0 Å². The Kier molecular flexibility index (Phi) is 5.46. The quantitative estimate of drug-likeness (QED) is 0.446. The molecule has 176 valence electrons. The Bertz CT molecular complexity index is 1400. The number of fused-ring (bicyclic) bond motifs is 2. The summed E-state index contributed by atoms with van der Waals surface area (Å²) in [5.41, 5.74) is 0.788. The lowest BCUT2D eigenvalue weighted by molar-refractivity contribution is -0.137. The van der Waals surface area contributed by atoms with Gasteiger partial charge in [0.05, 0.1) is 12.1 Å². The molecular weight excluding hydrogens is 449 g/mol. The van der Waals surface area contributed by atoms with Gasteiger partial charge in [-0.05, 0) is 30.7 Å². The van der Waals surface area contributed by atoms with E-state index in [1.54, 1.807) is 6.20 Å². The standard InChI is InChI=1S/C23H21F3N6O2/c1-15-13-31-21(29-32(22(31)33)9-10-34-18-5-3-2-4-6-18)28-20(15)30-8-7-19-16(14-30)11-17(12-27-19)23(24,25)26/h2-6,11-13H,7-10,14H2,1H3. The van der Waals surface area contributed by atoms with Gasteiger partial charge in [0, 0.05) is 43.2 Å². The van der Waals surface area contributed by atoms with Crippen molar-refractivity contribution >= 4 is 11.6 Å². The largest absolute Gasteiger partial charge is 0.492 e. The number of hydrogen-bond donors (Lipinski definition) is 0. The Labute approximate surface area is 192 Å². The van der Waals surface area contributed by atoms with E-state index in [0.717, 1.165) is 17.8 Å². The number of para-hydroxylation sites is 1. The Balaban J connectivity index is 1.38. The summed E-state index contributed by atoms with van der Waals surface area (Å²) in [5, 5.41) is 4.32. The summed E-state index contributed by atoms with van der Waals surface area (Å²) in [6.07, 6.45) is -1.42. The first-order valence-electron chi connectivity index (χ1n) is 10.7. The molecule has 4 aromatic rings. The topological polar surface area (TPSA) is 77.5 Å². The summed E-state index contributed by atoms with van der Waals surface area (Å²) in [5.74, 6) is 1.50. The second-order valence-corrected chi connectivity index (χ2v) is 8.08. The lowest BCUT2D eigenvalue weighted by Gasteiger charge is -2.30. The van der Waals surface area contributed by atoms with E-state index in [1.807, 2.05) is 42.2 Å². The maximum absolute atomic E-state index is 13.1. The van der Waals surface area contributed by atoms with Gasteiger partial charge in [-0.25, -0.2) is 13.9 Å². The van der Waals surface area contributed by atoms with Crippen molar-refractivity contribution in [3.05, 3.63) is 81.7 Å². The van der Waals surface area contributed by atoms with Gasteiger partial charge in [-0.1, -0.05) is 18.2 Å². The molecule has 34 heavy (non-hydrogen) atoms. The third-order valence-electron chi connectivity index (χ3n) is 5.72. The Morgan fingerprint density at radius 1 is 1.18 bits per heavy atom. The fourth-order valence-electron chi connectivity index (χ4n) is 4.03. The Morgan fingerprint density at radius 3 is 2.74 bits per heavy atom. The smallest absolute Gasteiger partial charge is 0.417 e. The van der Waals surface area contributed by atoms with Crippen LogP contribution in [0.3, 0.4) is 0 Å². The van der Waals surface area contributed by atoms with Crippen molar-refractivity contribution in [1.82, 2.24) is 24.1 Å². The number of alkyl halides is 3. The van der Waals surface area contributed by atoms with E-state index in [2.05, 4.69) is 15.1 Å². The molecule has 4 heterocycles. The van der Waals surface area contributed by atoms with Crippen molar-refractivity contribution in [2.45, 2.75) is 32.6 Å². The molecule has 0 N–H and O–H groups in total. The highest BCUT2D eigenvalue weighted by Crippen LogP contribution is 2.32. The molecule has 0 radical (unpaired) electrons.